The lowest BCUT2D eigenvalue weighted by Gasteiger charge is -2.13. The number of methoxy groups -OCH3 is 1. The molecule has 4 aromatic rings. The van der Waals surface area contributed by atoms with Gasteiger partial charge in [-0.25, -0.2) is 19.9 Å². The van der Waals surface area contributed by atoms with E-state index in [1.807, 2.05) is 32.8 Å². The third kappa shape index (κ3) is 6.61. The minimum Gasteiger partial charge on any atom is -0.481 e. The maximum atomic E-state index is 11.1. The van der Waals surface area contributed by atoms with Gasteiger partial charge >= 0.3 is 11.9 Å². The number of anilines is 1. The van der Waals surface area contributed by atoms with Crippen LogP contribution in [0.2, 0.25) is 0 Å². The summed E-state index contributed by atoms with van der Waals surface area (Å²) in [6.07, 6.45) is 3.01. The molecule has 1 N–H and O–H groups in total. The first-order valence-electron chi connectivity index (χ1n) is 9.99. The number of ether oxygens (including phenoxy) is 1. The molecule has 0 amide bonds. The van der Waals surface area contributed by atoms with Crippen molar-refractivity contribution in [3.8, 4) is 0 Å². The fraction of sp³-hybridized carbons (Fsp3) is 0.333. The molecule has 0 saturated heterocycles. The van der Waals surface area contributed by atoms with E-state index in [-0.39, 0.29) is 17.5 Å². The summed E-state index contributed by atoms with van der Waals surface area (Å²) >= 11 is 9.33. The van der Waals surface area contributed by atoms with E-state index in [2.05, 4.69) is 40.6 Å². The second kappa shape index (κ2) is 12.3. The number of carboxylic acids is 1. The summed E-state index contributed by atoms with van der Waals surface area (Å²) in [5, 5.41) is 12.2. The number of esters is 1. The molecule has 0 aromatic carbocycles. The van der Waals surface area contributed by atoms with E-state index in [0.717, 1.165) is 50.4 Å². The van der Waals surface area contributed by atoms with Gasteiger partial charge in [0.05, 0.1) is 35.1 Å². The van der Waals surface area contributed by atoms with Crippen LogP contribution in [0.15, 0.2) is 27.2 Å². The molecule has 35 heavy (non-hydrogen) atoms. The molecule has 4 aromatic heterocycles. The molecule has 9 nitrogen and oxygen atoms in total. The fourth-order valence-electron chi connectivity index (χ4n) is 3.06. The number of rotatable bonds is 7. The van der Waals surface area contributed by atoms with Gasteiger partial charge in [0.15, 0.2) is 0 Å². The smallest absolute Gasteiger partial charge is 0.316 e. The summed E-state index contributed by atoms with van der Waals surface area (Å²) in [7, 11) is 5.31. The van der Waals surface area contributed by atoms with Crippen LogP contribution in [-0.2, 0) is 14.3 Å². The number of fused-ring (bicyclic) bond motifs is 2. The highest BCUT2D eigenvalue weighted by Gasteiger charge is 2.17. The molecule has 0 unspecified atom stereocenters. The average molecular weight is 617 g/mol. The molecular formula is C21H22BrN5O4S4. The van der Waals surface area contributed by atoms with Gasteiger partial charge in [-0.3, -0.25) is 9.59 Å². The molecule has 4 heterocycles. The SMILES string of the molecule is COC(=O)CSc1ncnc2sc(C)c(Br)c12.Cc1sc2ncnc(SCC(=O)O)c2c1N(C)C. The first kappa shape index (κ1) is 27.6. The highest BCUT2D eigenvalue weighted by atomic mass is 79.9. The Hall–Kier alpha value is -2.00. The summed E-state index contributed by atoms with van der Waals surface area (Å²) < 4.78 is 5.61. The lowest BCUT2D eigenvalue weighted by atomic mass is 10.3. The van der Waals surface area contributed by atoms with Crippen LogP contribution in [-0.4, -0.2) is 69.7 Å². The number of hydrogen-bond donors (Lipinski definition) is 1. The number of aromatic nitrogens is 4. The number of thiophene rings is 2. The molecule has 14 heteroatoms. The molecule has 0 saturated carbocycles. The Labute approximate surface area is 226 Å². The zero-order chi connectivity index (χ0) is 25.7. The predicted octanol–water partition coefficient (Wildman–Crippen LogP) is 5.27. The topological polar surface area (TPSA) is 118 Å². The highest BCUT2D eigenvalue weighted by molar-refractivity contribution is 9.10. The van der Waals surface area contributed by atoms with Crippen LogP contribution >= 0.6 is 62.1 Å². The third-order valence-electron chi connectivity index (χ3n) is 4.49. The quantitative estimate of drug-likeness (QED) is 0.166. The maximum absolute atomic E-state index is 11.1. The molecule has 0 radical (unpaired) electrons. The van der Waals surface area contributed by atoms with E-state index in [4.69, 9.17) is 5.11 Å². The van der Waals surface area contributed by atoms with Gasteiger partial charge in [0.1, 0.15) is 32.4 Å². The van der Waals surface area contributed by atoms with Crippen LogP contribution in [0.5, 0.6) is 0 Å². The lowest BCUT2D eigenvalue weighted by Crippen LogP contribution is -2.09. The summed E-state index contributed by atoms with van der Waals surface area (Å²) in [4.78, 5) is 44.8. The van der Waals surface area contributed by atoms with E-state index < -0.39 is 5.97 Å². The Morgan fingerprint density at radius 1 is 0.971 bits per heavy atom. The van der Waals surface area contributed by atoms with Gasteiger partial charge < -0.3 is 14.7 Å². The van der Waals surface area contributed by atoms with Gasteiger partial charge in [0, 0.05) is 28.3 Å². The molecule has 0 aliphatic carbocycles. The van der Waals surface area contributed by atoms with Crippen LogP contribution in [0, 0.1) is 13.8 Å². The van der Waals surface area contributed by atoms with Gasteiger partial charge in [0.2, 0.25) is 0 Å². The summed E-state index contributed by atoms with van der Waals surface area (Å²) in [6, 6.07) is 0. The minimum absolute atomic E-state index is 0.00781. The molecule has 0 aliphatic heterocycles. The molecule has 0 aliphatic rings. The number of carboxylic acid groups (broad SMARTS) is 1. The monoisotopic (exact) mass is 615 g/mol. The molecule has 0 atom stereocenters. The molecule has 0 fully saturated rings. The van der Waals surface area contributed by atoms with E-state index in [9.17, 15) is 9.59 Å². The third-order valence-corrected chi connectivity index (χ3v) is 9.69. The lowest BCUT2D eigenvalue weighted by molar-refractivity contribution is -0.137. The van der Waals surface area contributed by atoms with Crippen molar-refractivity contribution in [2.45, 2.75) is 23.9 Å². The van der Waals surface area contributed by atoms with Crippen LogP contribution in [0.1, 0.15) is 9.75 Å². The van der Waals surface area contributed by atoms with Crippen molar-refractivity contribution in [1.82, 2.24) is 19.9 Å². The Kier molecular flexibility index (Phi) is 9.69. The first-order chi connectivity index (χ1) is 16.6. The standard InChI is InChI=1S/C11H13N3O2S2.C10H9BrN2O2S2/c1-6-9(14(2)3)8-10(17-4-7(15)16)12-5-13-11(8)18-6;1-5-8(11)7-9(16-3-6(14)15-2)12-4-13-10(7)17-5/h5H,4H2,1-3H3,(H,15,16);4H,3H2,1-2H3. The Morgan fingerprint density at radius 3 is 2.09 bits per heavy atom. The Bertz CT molecular complexity index is 1380. The number of aryl methyl sites for hydroxylation is 2. The number of carbonyl (C=O) groups is 2. The number of hydrogen-bond acceptors (Lipinski definition) is 12. The van der Waals surface area contributed by atoms with E-state index >= 15 is 0 Å². The summed E-state index contributed by atoms with van der Waals surface area (Å²) in [5.74, 6) is -0.840. The summed E-state index contributed by atoms with van der Waals surface area (Å²) in [5.41, 5.74) is 1.07. The number of nitrogens with zero attached hydrogens (tertiary/aromatic N) is 5. The van der Waals surface area contributed by atoms with Gasteiger partial charge in [-0.1, -0.05) is 23.5 Å². The van der Waals surface area contributed by atoms with Crippen LogP contribution in [0.25, 0.3) is 20.4 Å². The van der Waals surface area contributed by atoms with Crippen LogP contribution in [0.4, 0.5) is 5.69 Å². The molecule has 0 bridgehead atoms. The largest absolute Gasteiger partial charge is 0.481 e. The van der Waals surface area contributed by atoms with Crippen molar-refractivity contribution in [1.29, 1.82) is 0 Å². The van der Waals surface area contributed by atoms with Gasteiger partial charge in [-0.15, -0.1) is 22.7 Å². The van der Waals surface area contributed by atoms with Crippen molar-refractivity contribution in [3.63, 3.8) is 0 Å². The zero-order valence-electron chi connectivity index (χ0n) is 19.5. The molecular weight excluding hydrogens is 594 g/mol. The Balaban J connectivity index is 0.000000196. The normalized spacial score (nSPS) is 10.8. The molecule has 4 rings (SSSR count). The van der Waals surface area contributed by atoms with Crippen molar-refractivity contribution in [3.05, 3.63) is 26.9 Å². The Morgan fingerprint density at radius 2 is 1.51 bits per heavy atom. The van der Waals surface area contributed by atoms with Crippen molar-refractivity contribution < 1.29 is 19.4 Å². The average Bonchev–Trinajstić information content (AvgIpc) is 3.32. The number of aliphatic carboxylic acids is 1. The minimum atomic E-state index is -0.842. The predicted molar refractivity (Wildman–Crippen MR) is 147 cm³/mol. The van der Waals surface area contributed by atoms with Crippen molar-refractivity contribution in [2.75, 3.05) is 37.6 Å². The van der Waals surface area contributed by atoms with E-state index in [1.54, 1.807) is 22.7 Å². The van der Waals surface area contributed by atoms with Crippen LogP contribution < -0.4 is 4.90 Å². The second-order valence-electron chi connectivity index (χ2n) is 7.14. The number of thioether (sulfide) groups is 2. The maximum Gasteiger partial charge on any atom is 0.316 e. The van der Waals surface area contributed by atoms with Crippen LogP contribution in [0.3, 0.4) is 0 Å². The van der Waals surface area contributed by atoms with Gasteiger partial charge in [0.25, 0.3) is 0 Å². The highest BCUT2D eigenvalue weighted by Crippen LogP contribution is 2.40. The van der Waals surface area contributed by atoms with E-state index in [1.165, 1.54) is 43.3 Å². The van der Waals surface area contributed by atoms with Gasteiger partial charge in [-0.2, -0.15) is 0 Å². The van der Waals surface area contributed by atoms with Crippen molar-refractivity contribution in [2.24, 2.45) is 0 Å². The van der Waals surface area contributed by atoms with E-state index in [0.29, 0.717) is 0 Å². The zero-order valence-corrected chi connectivity index (χ0v) is 24.3. The summed E-state index contributed by atoms with van der Waals surface area (Å²) in [6.45, 7) is 4.05. The van der Waals surface area contributed by atoms with Gasteiger partial charge in [-0.05, 0) is 29.8 Å². The second-order valence-corrected chi connectivity index (χ2v) is 12.3. The van der Waals surface area contributed by atoms with Crippen molar-refractivity contribution >= 4 is 100 Å². The molecule has 0 spiro atoms. The number of halogens is 1. The fourth-order valence-corrected chi connectivity index (χ4v) is 7.58. The number of carbonyl (C=O) groups excluding carboxylic acids is 1. The molecule has 186 valence electrons. The first-order valence-corrected chi connectivity index (χ1v) is 14.4.